The van der Waals surface area contributed by atoms with Crippen molar-refractivity contribution >= 4 is 0 Å². The number of imidazole rings is 1. The van der Waals surface area contributed by atoms with Crippen molar-refractivity contribution in [1.29, 1.82) is 0 Å². The quantitative estimate of drug-likeness (QED) is 0.739. The van der Waals surface area contributed by atoms with Gasteiger partial charge in [0.25, 0.3) is 0 Å². The summed E-state index contributed by atoms with van der Waals surface area (Å²) in [7, 11) is 2.10. The molecule has 2 heterocycles. The molecular formula is C12H21N3. The predicted octanol–water partition coefficient (Wildman–Crippen LogP) is 1.96. The van der Waals surface area contributed by atoms with Crippen molar-refractivity contribution in [2.24, 2.45) is 13.0 Å². The third kappa shape index (κ3) is 2.40. The first-order valence-corrected chi connectivity index (χ1v) is 5.86. The molecule has 0 spiro atoms. The predicted molar refractivity (Wildman–Crippen MR) is 61.6 cm³/mol. The minimum Gasteiger partial charge on any atom is -0.334 e. The summed E-state index contributed by atoms with van der Waals surface area (Å²) in [6, 6.07) is 0. The Labute approximate surface area is 92.1 Å². The van der Waals surface area contributed by atoms with Crippen molar-refractivity contribution in [3.8, 4) is 0 Å². The number of piperidine rings is 1. The highest BCUT2D eigenvalue weighted by Gasteiger charge is 2.16. The Morgan fingerprint density at radius 3 is 2.60 bits per heavy atom. The van der Waals surface area contributed by atoms with Crippen molar-refractivity contribution in [2.45, 2.75) is 33.2 Å². The van der Waals surface area contributed by atoms with Crippen LogP contribution in [0.1, 0.15) is 31.3 Å². The normalized spacial score (nSPS) is 19.7. The molecule has 3 nitrogen and oxygen atoms in total. The maximum absolute atomic E-state index is 4.33. The summed E-state index contributed by atoms with van der Waals surface area (Å²) in [5.41, 5.74) is 1.34. The highest BCUT2D eigenvalue weighted by atomic mass is 15.2. The molecule has 0 radical (unpaired) electrons. The molecule has 1 aliphatic rings. The lowest BCUT2D eigenvalue weighted by Gasteiger charge is -2.30. The van der Waals surface area contributed by atoms with Crippen molar-refractivity contribution in [1.82, 2.24) is 14.5 Å². The Morgan fingerprint density at radius 2 is 2.07 bits per heavy atom. The van der Waals surface area contributed by atoms with E-state index in [9.17, 15) is 0 Å². The standard InChI is InChI=1S/C12H21N3/c1-10-4-6-15(7-5-10)9-12-8-13-11(2)14(12)3/h8,10H,4-7,9H2,1-3H3. The van der Waals surface area contributed by atoms with Gasteiger partial charge in [-0.1, -0.05) is 6.92 Å². The van der Waals surface area contributed by atoms with Gasteiger partial charge in [0.2, 0.25) is 0 Å². The van der Waals surface area contributed by atoms with Gasteiger partial charge in [-0.15, -0.1) is 0 Å². The number of aromatic nitrogens is 2. The average molecular weight is 207 g/mol. The van der Waals surface area contributed by atoms with Gasteiger partial charge in [-0.25, -0.2) is 4.98 Å². The van der Waals surface area contributed by atoms with Crippen LogP contribution in [0.25, 0.3) is 0 Å². The van der Waals surface area contributed by atoms with E-state index in [4.69, 9.17) is 0 Å². The number of nitrogens with zero attached hydrogens (tertiary/aromatic N) is 3. The number of aryl methyl sites for hydroxylation is 1. The van der Waals surface area contributed by atoms with E-state index >= 15 is 0 Å². The van der Waals surface area contributed by atoms with E-state index in [2.05, 4.69) is 35.3 Å². The van der Waals surface area contributed by atoms with E-state index in [1.807, 2.05) is 6.20 Å². The molecule has 1 aliphatic heterocycles. The molecule has 3 heteroatoms. The molecule has 1 aromatic heterocycles. The molecule has 1 aromatic rings. The van der Waals surface area contributed by atoms with Crippen LogP contribution in [0.3, 0.4) is 0 Å². The second-order valence-corrected chi connectivity index (χ2v) is 4.81. The van der Waals surface area contributed by atoms with E-state index in [0.29, 0.717) is 0 Å². The third-order valence-electron chi connectivity index (χ3n) is 3.58. The summed E-state index contributed by atoms with van der Waals surface area (Å²) < 4.78 is 2.19. The summed E-state index contributed by atoms with van der Waals surface area (Å²) in [4.78, 5) is 6.87. The maximum atomic E-state index is 4.33. The van der Waals surface area contributed by atoms with Gasteiger partial charge in [-0.3, -0.25) is 4.90 Å². The van der Waals surface area contributed by atoms with Gasteiger partial charge in [0.1, 0.15) is 5.82 Å². The van der Waals surface area contributed by atoms with Crippen LogP contribution in [0.15, 0.2) is 6.20 Å². The van der Waals surface area contributed by atoms with Gasteiger partial charge in [0.05, 0.1) is 5.69 Å². The van der Waals surface area contributed by atoms with E-state index in [-0.39, 0.29) is 0 Å². The minimum absolute atomic E-state index is 0.912. The SMILES string of the molecule is Cc1ncc(CN2CCC(C)CC2)n1C. The zero-order chi connectivity index (χ0) is 10.8. The maximum Gasteiger partial charge on any atom is 0.105 e. The molecule has 0 saturated carbocycles. The van der Waals surface area contributed by atoms with Crippen LogP contribution in [-0.2, 0) is 13.6 Å². The van der Waals surface area contributed by atoms with E-state index in [0.717, 1.165) is 18.3 Å². The van der Waals surface area contributed by atoms with Gasteiger partial charge >= 0.3 is 0 Å². The van der Waals surface area contributed by atoms with Crippen LogP contribution < -0.4 is 0 Å². The monoisotopic (exact) mass is 207 g/mol. The second-order valence-electron chi connectivity index (χ2n) is 4.81. The largest absolute Gasteiger partial charge is 0.334 e. The van der Waals surface area contributed by atoms with Gasteiger partial charge in [-0.2, -0.15) is 0 Å². The van der Waals surface area contributed by atoms with Crippen molar-refractivity contribution in [3.63, 3.8) is 0 Å². The van der Waals surface area contributed by atoms with E-state index in [1.54, 1.807) is 0 Å². The van der Waals surface area contributed by atoms with Gasteiger partial charge in [0, 0.05) is 19.8 Å². The number of rotatable bonds is 2. The number of hydrogen-bond acceptors (Lipinski definition) is 2. The van der Waals surface area contributed by atoms with E-state index < -0.39 is 0 Å². The summed E-state index contributed by atoms with van der Waals surface area (Å²) in [5.74, 6) is 2.02. The molecule has 15 heavy (non-hydrogen) atoms. The first-order chi connectivity index (χ1) is 7.16. The van der Waals surface area contributed by atoms with Gasteiger partial charge in [-0.05, 0) is 38.8 Å². The summed E-state index contributed by atoms with van der Waals surface area (Å²) in [5, 5.41) is 0. The highest BCUT2D eigenvalue weighted by Crippen LogP contribution is 2.18. The molecule has 1 fully saturated rings. The number of likely N-dealkylation sites (tertiary alicyclic amines) is 1. The summed E-state index contributed by atoms with van der Waals surface area (Å²) >= 11 is 0. The highest BCUT2D eigenvalue weighted by molar-refractivity contribution is 5.03. The lowest BCUT2D eigenvalue weighted by Crippen LogP contribution is -2.32. The van der Waals surface area contributed by atoms with Crippen molar-refractivity contribution in [2.75, 3.05) is 13.1 Å². The first-order valence-electron chi connectivity index (χ1n) is 5.86. The van der Waals surface area contributed by atoms with Crippen LogP contribution in [-0.4, -0.2) is 27.5 Å². The fourth-order valence-corrected chi connectivity index (χ4v) is 2.15. The summed E-state index contributed by atoms with van der Waals surface area (Å²) in [6.45, 7) is 7.95. The Morgan fingerprint density at radius 1 is 1.40 bits per heavy atom. The van der Waals surface area contributed by atoms with Crippen LogP contribution in [0.5, 0.6) is 0 Å². The van der Waals surface area contributed by atoms with Crippen molar-refractivity contribution < 1.29 is 0 Å². The molecule has 0 N–H and O–H groups in total. The molecule has 0 aliphatic carbocycles. The molecular weight excluding hydrogens is 186 g/mol. The molecule has 1 saturated heterocycles. The Kier molecular flexibility index (Phi) is 3.10. The Balaban J connectivity index is 1.94. The molecule has 0 atom stereocenters. The number of hydrogen-bond donors (Lipinski definition) is 0. The van der Waals surface area contributed by atoms with Crippen LogP contribution in [0.4, 0.5) is 0 Å². The Bertz CT molecular complexity index is 322. The molecule has 0 bridgehead atoms. The molecule has 0 aromatic carbocycles. The average Bonchev–Trinajstić information content (AvgIpc) is 2.53. The van der Waals surface area contributed by atoms with Crippen LogP contribution in [0, 0.1) is 12.8 Å². The van der Waals surface area contributed by atoms with Gasteiger partial charge in [0.15, 0.2) is 0 Å². The lowest BCUT2D eigenvalue weighted by molar-refractivity contribution is 0.182. The molecule has 0 amide bonds. The fourth-order valence-electron chi connectivity index (χ4n) is 2.15. The first kappa shape index (κ1) is 10.7. The van der Waals surface area contributed by atoms with Gasteiger partial charge < -0.3 is 4.57 Å². The Hall–Kier alpha value is -0.830. The second kappa shape index (κ2) is 4.35. The third-order valence-corrected chi connectivity index (χ3v) is 3.58. The van der Waals surface area contributed by atoms with Crippen LogP contribution >= 0.6 is 0 Å². The zero-order valence-corrected chi connectivity index (χ0v) is 10.0. The molecule has 2 rings (SSSR count). The van der Waals surface area contributed by atoms with Crippen LogP contribution in [0.2, 0.25) is 0 Å². The fraction of sp³-hybridized carbons (Fsp3) is 0.750. The minimum atomic E-state index is 0.912. The van der Waals surface area contributed by atoms with E-state index in [1.165, 1.54) is 31.6 Å². The topological polar surface area (TPSA) is 21.1 Å². The molecule has 0 unspecified atom stereocenters. The molecule has 84 valence electrons. The zero-order valence-electron chi connectivity index (χ0n) is 10.0. The van der Waals surface area contributed by atoms with Crippen molar-refractivity contribution in [3.05, 3.63) is 17.7 Å². The smallest absolute Gasteiger partial charge is 0.105 e. The summed E-state index contributed by atoms with van der Waals surface area (Å²) in [6.07, 6.45) is 4.70. The lowest BCUT2D eigenvalue weighted by atomic mass is 9.99.